The van der Waals surface area contributed by atoms with Crippen molar-refractivity contribution in [1.82, 2.24) is 0 Å². The van der Waals surface area contributed by atoms with Gasteiger partial charge in [0.1, 0.15) is 11.5 Å². The minimum atomic E-state index is 0.952. The Labute approximate surface area is 131 Å². The summed E-state index contributed by atoms with van der Waals surface area (Å²) >= 11 is 0. The predicted molar refractivity (Wildman–Crippen MR) is 93.5 cm³/mol. The minimum absolute atomic E-state index is 0.952. The van der Waals surface area contributed by atoms with Gasteiger partial charge in [-0.2, -0.15) is 0 Å². The Hall–Kier alpha value is -2.22. The number of ether oxygens (including phenoxy) is 2. The standard InChI is InChI=1S/C20H22O2/c1-11-7-8-12(2)16-15(11)19(21-5)17-13(3)9-10-14(4)18(17)20(16)22-6/h7-10H,1-6H3. The molecule has 0 aliphatic rings. The van der Waals surface area contributed by atoms with E-state index in [0.717, 1.165) is 33.0 Å². The molecule has 114 valence electrons. The van der Waals surface area contributed by atoms with Crippen LogP contribution in [0.3, 0.4) is 0 Å². The van der Waals surface area contributed by atoms with E-state index in [1.54, 1.807) is 14.2 Å². The molecule has 0 fully saturated rings. The second-order valence-corrected chi connectivity index (χ2v) is 5.97. The predicted octanol–water partition coefficient (Wildman–Crippen LogP) is 5.24. The third-order valence-electron chi connectivity index (χ3n) is 4.56. The van der Waals surface area contributed by atoms with Gasteiger partial charge in [0.05, 0.1) is 14.2 Å². The number of fused-ring (bicyclic) bond motifs is 2. The smallest absolute Gasteiger partial charge is 0.135 e. The Kier molecular flexibility index (Phi) is 3.48. The van der Waals surface area contributed by atoms with E-state index in [0.29, 0.717) is 0 Å². The molecular weight excluding hydrogens is 272 g/mol. The third-order valence-corrected chi connectivity index (χ3v) is 4.56. The summed E-state index contributed by atoms with van der Waals surface area (Å²) < 4.78 is 11.7. The molecule has 3 aromatic carbocycles. The normalized spacial score (nSPS) is 11.2. The highest BCUT2D eigenvalue weighted by Gasteiger charge is 2.20. The summed E-state index contributed by atoms with van der Waals surface area (Å²) in [6, 6.07) is 8.60. The van der Waals surface area contributed by atoms with E-state index in [1.165, 1.54) is 22.3 Å². The highest BCUT2D eigenvalue weighted by atomic mass is 16.5. The van der Waals surface area contributed by atoms with Crippen LogP contribution in [0, 0.1) is 27.7 Å². The molecule has 0 amide bonds. The molecule has 0 saturated heterocycles. The maximum atomic E-state index is 5.86. The Morgan fingerprint density at radius 3 is 0.909 bits per heavy atom. The number of hydrogen-bond donors (Lipinski definition) is 0. The van der Waals surface area contributed by atoms with E-state index < -0.39 is 0 Å². The van der Waals surface area contributed by atoms with Crippen molar-refractivity contribution in [1.29, 1.82) is 0 Å². The van der Waals surface area contributed by atoms with Gasteiger partial charge in [-0.1, -0.05) is 24.3 Å². The molecule has 0 radical (unpaired) electrons. The van der Waals surface area contributed by atoms with Crippen molar-refractivity contribution in [2.24, 2.45) is 0 Å². The van der Waals surface area contributed by atoms with Crippen molar-refractivity contribution in [2.75, 3.05) is 14.2 Å². The van der Waals surface area contributed by atoms with Gasteiger partial charge in [-0.05, 0) is 49.9 Å². The molecule has 0 unspecified atom stereocenters. The van der Waals surface area contributed by atoms with Crippen molar-refractivity contribution < 1.29 is 9.47 Å². The molecule has 0 aliphatic heterocycles. The summed E-state index contributed by atoms with van der Waals surface area (Å²) in [5.41, 5.74) is 4.83. The summed E-state index contributed by atoms with van der Waals surface area (Å²) in [6.45, 7) is 8.50. The zero-order valence-electron chi connectivity index (χ0n) is 14.1. The van der Waals surface area contributed by atoms with E-state index in [4.69, 9.17) is 9.47 Å². The number of benzene rings is 3. The molecule has 0 aromatic heterocycles. The Morgan fingerprint density at radius 2 is 0.727 bits per heavy atom. The second-order valence-electron chi connectivity index (χ2n) is 5.97. The largest absolute Gasteiger partial charge is 0.495 e. The number of methoxy groups -OCH3 is 2. The van der Waals surface area contributed by atoms with E-state index in [9.17, 15) is 0 Å². The van der Waals surface area contributed by atoms with Gasteiger partial charge in [-0.25, -0.2) is 0 Å². The summed E-state index contributed by atoms with van der Waals surface area (Å²) in [4.78, 5) is 0. The van der Waals surface area contributed by atoms with Crippen molar-refractivity contribution in [2.45, 2.75) is 27.7 Å². The quantitative estimate of drug-likeness (QED) is 0.601. The lowest BCUT2D eigenvalue weighted by Gasteiger charge is -2.20. The van der Waals surface area contributed by atoms with Crippen molar-refractivity contribution in [3.63, 3.8) is 0 Å². The first-order valence-corrected chi connectivity index (χ1v) is 7.55. The fourth-order valence-electron chi connectivity index (χ4n) is 3.45. The van der Waals surface area contributed by atoms with Gasteiger partial charge in [0.15, 0.2) is 0 Å². The first-order chi connectivity index (χ1) is 10.5. The molecule has 0 saturated carbocycles. The van der Waals surface area contributed by atoms with Crippen LogP contribution in [0.15, 0.2) is 24.3 Å². The molecule has 22 heavy (non-hydrogen) atoms. The average Bonchev–Trinajstić information content (AvgIpc) is 2.52. The first kappa shape index (κ1) is 14.7. The maximum absolute atomic E-state index is 5.86. The van der Waals surface area contributed by atoms with Gasteiger partial charge >= 0.3 is 0 Å². The van der Waals surface area contributed by atoms with Gasteiger partial charge in [0, 0.05) is 21.5 Å². The Morgan fingerprint density at radius 1 is 0.500 bits per heavy atom. The zero-order valence-corrected chi connectivity index (χ0v) is 14.1. The lowest BCUT2D eigenvalue weighted by atomic mass is 9.91. The van der Waals surface area contributed by atoms with Gasteiger partial charge in [-0.15, -0.1) is 0 Å². The second kappa shape index (κ2) is 5.20. The lowest BCUT2D eigenvalue weighted by Crippen LogP contribution is -1.98. The van der Waals surface area contributed by atoms with Crippen molar-refractivity contribution in [3.05, 3.63) is 46.5 Å². The highest BCUT2D eigenvalue weighted by molar-refractivity contribution is 6.15. The fourth-order valence-corrected chi connectivity index (χ4v) is 3.45. The molecule has 0 heterocycles. The van der Waals surface area contributed by atoms with Crippen LogP contribution < -0.4 is 9.47 Å². The SMILES string of the molecule is COc1c2c(C)ccc(C)c2c(OC)c2c(C)ccc(C)c12. The van der Waals surface area contributed by atoms with Crippen LogP contribution in [-0.4, -0.2) is 14.2 Å². The molecule has 0 atom stereocenters. The number of rotatable bonds is 2. The summed E-state index contributed by atoms with van der Waals surface area (Å²) in [5.74, 6) is 1.90. The van der Waals surface area contributed by atoms with Gasteiger partial charge in [0.25, 0.3) is 0 Å². The molecule has 0 aliphatic carbocycles. The van der Waals surface area contributed by atoms with Gasteiger partial charge in [0.2, 0.25) is 0 Å². The molecule has 0 N–H and O–H groups in total. The lowest BCUT2D eigenvalue weighted by molar-refractivity contribution is 0.417. The molecule has 0 spiro atoms. The molecule has 3 rings (SSSR count). The molecule has 3 aromatic rings. The monoisotopic (exact) mass is 294 g/mol. The van der Waals surface area contributed by atoms with Gasteiger partial charge < -0.3 is 9.47 Å². The maximum Gasteiger partial charge on any atom is 0.135 e. The van der Waals surface area contributed by atoms with Crippen molar-refractivity contribution >= 4 is 21.5 Å². The van der Waals surface area contributed by atoms with Crippen LogP contribution in [0.25, 0.3) is 21.5 Å². The van der Waals surface area contributed by atoms with Crippen LogP contribution >= 0.6 is 0 Å². The molecule has 0 bridgehead atoms. The fraction of sp³-hybridized carbons (Fsp3) is 0.300. The van der Waals surface area contributed by atoms with Crippen LogP contribution in [0.2, 0.25) is 0 Å². The number of hydrogen-bond acceptors (Lipinski definition) is 2. The van der Waals surface area contributed by atoms with E-state index >= 15 is 0 Å². The first-order valence-electron chi connectivity index (χ1n) is 7.55. The van der Waals surface area contributed by atoms with E-state index in [-0.39, 0.29) is 0 Å². The summed E-state index contributed by atoms with van der Waals surface area (Å²) in [5, 5.41) is 4.61. The molecule has 2 heteroatoms. The highest BCUT2D eigenvalue weighted by Crippen LogP contribution is 2.47. The van der Waals surface area contributed by atoms with Crippen LogP contribution in [-0.2, 0) is 0 Å². The van der Waals surface area contributed by atoms with Gasteiger partial charge in [-0.3, -0.25) is 0 Å². The topological polar surface area (TPSA) is 18.5 Å². The van der Waals surface area contributed by atoms with Crippen LogP contribution in [0.5, 0.6) is 11.5 Å². The van der Waals surface area contributed by atoms with Crippen molar-refractivity contribution in [3.8, 4) is 11.5 Å². The third kappa shape index (κ3) is 1.87. The molecular formula is C20H22O2. The van der Waals surface area contributed by atoms with Crippen LogP contribution in [0.4, 0.5) is 0 Å². The summed E-state index contributed by atoms with van der Waals surface area (Å²) in [7, 11) is 3.51. The molecule has 2 nitrogen and oxygen atoms in total. The Balaban J connectivity index is 2.77. The van der Waals surface area contributed by atoms with Crippen LogP contribution in [0.1, 0.15) is 22.3 Å². The minimum Gasteiger partial charge on any atom is -0.495 e. The average molecular weight is 294 g/mol. The zero-order chi connectivity index (χ0) is 16.0. The summed E-state index contributed by atoms with van der Waals surface area (Å²) in [6.07, 6.45) is 0. The van der Waals surface area contributed by atoms with E-state index in [1.807, 2.05) is 0 Å². The Bertz CT molecular complexity index is 749. The van der Waals surface area contributed by atoms with E-state index in [2.05, 4.69) is 52.0 Å². The number of aryl methyl sites for hydroxylation is 4.